The molecule has 2 saturated heterocycles. The van der Waals surface area contributed by atoms with Gasteiger partial charge in [-0.25, -0.2) is 14.2 Å². The quantitative estimate of drug-likeness (QED) is 0.0711. The van der Waals surface area contributed by atoms with Gasteiger partial charge in [0.1, 0.15) is 78.8 Å². The fourth-order valence-corrected chi connectivity index (χ4v) is 5.09. The van der Waals surface area contributed by atoms with Crippen LogP contribution in [0.1, 0.15) is 28.7 Å². The van der Waals surface area contributed by atoms with E-state index in [1.165, 1.54) is 27.6 Å². The van der Waals surface area contributed by atoms with Gasteiger partial charge in [0.2, 0.25) is 0 Å². The first kappa shape index (κ1) is 37.4. The van der Waals surface area contributed by atoms with E-state index in [-0.39, 0.29) is 56.6 Å². The summed E-state index contributed by atoms with van der Waals surface area (Å²) in [5.74, 6) is -0.842. The van der Waals surface area contributed by atoms with Crippen molar-refractivity contribution in [2.24, 2.45) is 0 Å². The number of hydrogen-bond donors (Lipinski definition) is 8. The smallest absolute Gasteiger partial charge is 0.335 e. The van der Waals surface area contributed by atoms with Crippen LogP contribution in [0.4, 0.5) is 0 Å². The van der Waals surface area contributed by atoms with E-state index in [9.17, 15) is 45.6 Å². The van der Waals surface area contributed by atoms with Crippen LogP contribution in [-0.4, -0.2) is 158 Å². The molecule has 21 heteroatoms. The number of carboxylic acid groups (broad SMARTS) is 1. The van der Waals surface area contributed by atoms with Gasteiger partial charge in [-0.2, -0.15) is 0 Å². The molecule has 8 N–H and O–H groups in total. The van der Waals surface area contributed by atoms with Crippen molar-refractivity contribution in [2.75, 3.05) is 19.8 Å². The molecule has 10 atom stereocenters. The van der Waals surface area contributed by atoms with Crippen LogP contribution in [0.2, 0.25) is 0 Å². The van der Waals surface area contributed by atoms with Gasteiger partial charge in [-0.3, -0.25) is 0 Å². The Hall–Kier alpha value is -3.87. The zero-order chi connectivity index (χ0) is 35.9. The van der Waals surface area contributed by atoms with Crippen LogP contribution in [0.5, 0.6) is 11.5 Å². The van der Waals surface area contributed by atoms with E-state index in [2.05, 4.69) is 20.6 Å². The lowest BCUT2D eigenvalue weighted by Gasteiger charge is -2.39. The van der Waals surface area contributed by atoms with Crippen molar-refractivity contribution in [3.63, 3.8) is 0 Å². The molecule has 1 aromatic carbocycles. The van der Waals surface area contributed by atoms with E-state index in [1.54, 1.807) is 19.3 Å². The first-order valence-electron chi connectivity index (χ1n) is 15.6. The van der Waals surface area contributed by atoms with Gasteiger partial charge in [0.25, 0.3) is 0 Å². The Kier molecular flexibility index (Phi) is 12.6. The third-order valence-electron chi connectivity index (χ3n) is 7.93. The number of carboxylic acids is 1. The molecular formula is C29H40N6O15. The van der Waals surface area contributed by atoms with E-state index in [4.69, 9.17) is 28.4 Å². The minimum atomic E-state index is -1.56. The largest absolute Gasteiger partial charge is 0.487 e. The summed E-state index contributed by atoms with van der Waals surface area (Å²) in [7, 11) is 0. The monoisotopic (exact) mass is 712 g/mol. The minimum Gasteiger partial charge on any atom is -0.487 e. The zero-order valence-corrected chi connectivity index (χ0v) is 26.7. The van der Waals surface area contributed by atoms with Crippen LogP contribution >= 0.6 is 0 Å². The van der Waals surface area contributed by atoms with Crippen molar-refractivity contribution < 1.29 is 74.1 Å². The zero-order valence-electron chi connectivity index (χ0n) is 26.7. The van der Waals surface area contributed by atoms with Crippen LogP contribution in [-0.2, 0) is 45.3 Å². The van der Waals surface area contributed by atoms with E-state index in [0.29, 0.717) is 11.4 Å². The summed E-state index contributed by atoms with van der Waals surface area (Å²) in [6, 6.07) is 4.13. The molecule has 3 aromatic rings. The number of benzene rings is 1. The average molecular weight is 713 g/mol. The molecule has 0 amide bonds. The number of aliphatic hydroxyl groups excluding tert-OH is 7. The van der Waals surface area contributed by atoms with Gasteiger partial charge in [-0.15, -0.1) is 10.2 Å². The highest BCUT2D eigenvalue weighted by atomic mass is 16.7. The van der Waals surface area contributed by atoms with Crippen LogP contribution in [0, 0.1) is 0 Å². The van der Waals surface area contributed by atoms with E-state index >= 15 is 0 Å². The topological polar surface area (TPSA) is 296 Å². The predicted molar refractivity (Wildman–Crippen MR) is 160 cm³/mol. The summed E-state index contributed by atoms with van der Waals surface area (Å²) >= 11 is 0. The van der Waals surface area contributed by atoms with Gasteiger partial charge < -0.3 is 69.3 Å². The molecule has 2 aromatic heterocycles. The Morgan fingerprint density at radius 2 is 1.24 bits per heavy atom. The van der Waals surface area contributed by atoms with Crippen LogP contribution in [0.15, 0.2) is 30.6 Å². The lowest BCUT2D eigenvalue weighted by atomic mass is 9.99. The summed E-state index contributed by atoms with van der Waals surface area (Å²) in [4.78, 5) is 11.8. The molecule has 2 fully saturated rings. The summed E-state index contributed by atoms with van der Waals surface area (Å²) < 4.78 is 36.1. The SMILES string of the molecule is C[C@H]1O[C@@H](OCCn2cc(COc3cc(OCc4cn(CCO[C@@H]5O[C@H](CO)[C@@H](O)[C@H](O)[C@H]5O)nn4)cc(C(=O)O)c3)nn2)[C@H](O)[C@@H](O)[C@@H]1O. The molecule has 276 valence electrons. The maximum absolute atomic E-state index is 11.8. The van der Waals surface area contributed by atoms with Gasteiger partial charge in [-0.05, 0) is 19.1 Å². The van der Waals surface area contributed by atoms with E-state index < -0.39 is 74.0 Å². The van der Waals surface area contributed by atoms with Gasteiger partial charge >= 0.3 is 5.97 Å². The summed E-state index contributed by atoms with van der Waals surface area (Å²) in [6.45, 7) is 1.24. The number of aromatic nitrogens is 6. The molecule has 0 unspecified atom stereocenters. The number of rotatable bonds is 16. The second kappa shape index (κ2) is 16.9. The molecule has 50 heavy (non-hydrogen) atoms. The first-order chi connectivity index (χ1) is 23.9. The molecule has 5 rings (SSSR count). The van der Waals surface area contributed by atoms with Crippen molar-refractivity contribution >= 4 is 5.97 Å². The van der Waals surface area contributed by atoms with Gasteiger partial charge in [-0.1, -0.05) is 10.4 Å². The molecule has 21 nitrogen and oxygen atoms in total. The normalized spacial score (nSPS) is 29.9. The molecule has 4 heterocycles. The van der Waals surface area contributed by atoms with Crippen molar-refractivity contribution in [3.8, 4) is 11.5 Å². The second-order valence-corrected chi connectivity index (χ2v) is 11.6. The highest BCUT2D eigenvalue weighted by Crippen LogP contribution is 2.26. The van der Waals surface area contributed by atoms with Gasteiger partial charge in [0, 0.05) is 6.07 Å². The number of aliphatic hydroxyl groups is 7. The molecule has 0 saturated carbocycles. The number of hydrogen-bond acceptors (Lipinski definition) is 18. The van der Waals surface area contributed by atoms with Crippen LogP contribution < -0.4 is 9.47 Å². The summed E-state index contributed by atoms with van der Waals surface area (Å²) in [5, 5.41) is 94.5. The molecule has 0 radical (unpaired) electrons. The highest BCUT2D eigenvalue weighted by molar-refractivity contribution is 5.88. The van der Waals surface area contributed by atoms with Crippen molar-refractivity contribution in [1.82, 2.24) is 30.0 Å². The molecule has 2 aliphatic heterocycles. The third kappa shape index (κ3) is 9.26. The van der Waals surface area contributed by atoms with Gasteiger partial charge in [0.15, 0.2) is 12.6 Å². The number of aromatic carboxylic acids is 1. The minimum absolute atomic E-state index is 0.0229. The maximum atomic E-state index is 11.8. The van der Waals surface area contributed by atoms with E-state index in [0.717, 1.165) is 0 Å². The standard InChI is InChI=1S/C29H40N6O15/c1-14-21(37)23(39)25(41)28(49-14)45-4-2-34-9-16(30-32-34)12-47-18-6-15(27(43)44)7-19(8-18)48-13-17-10-35(33-31-17)3-5-46-29-26(42)24(40)22(38)20(11-36)50-29/h6-10,14,20-26,28-29,36-42H,2-5,11-13H2,1H3,(H,43,44)/t14-,20-,21-,22-,23+,24+,25-,26-,28-,29-/m1/s1. The number of nitrogens with zero attached hydrogens (tertiary/aromatic N) is 6. The highest BCUT2D eigenvalue weighted by Gasteiger charge is 2.44. The fraction of sp³-hybridized carbons (Fsp3) is 0.621. The Bertz CT molecular complexity index is 1540. The second-order valence-electron chi connectivity index (χ2n) is 11.6. The molecular weight excluding hydrogens is 672 g/mol. The Labute approximate surface area is 283 Å². The number of ether oxygens (including phenoxy) is 6. The fourth-order valence-electron chi connectivity index (χ4n) is 5.09. The predicted octanol–water partition coefficient (Wildman–Crippen LogP) is -3.61. The van der Waals surface area contributed by atoms with Crippen LogP contribution in [0.3, 0.4) is 0 Å². The van der Waals surface area contributed by atoms with Crippen molar-refractivity contribution in [1.29, 1.82) is 0 Å². The molecule has 0 spiro atoms. The lowest BCUT2D eigenvalue weighted by Crippen LogP contribution is -2.59. The molecule has 0 aliphatic carbocycles. The maximum Gasteiger partial charge on any atom is 0.335 e. The summed E-state index contributed by atoms with van der Waals surface area (Å²) in [5.41, 5.74) is 0.724. The Morgan fingerprint density at radius 3 is 1.74 bits per heavy atom. The van der Waals surface area contributed by atoms with E-state index in [1.807, 2.05) is 0 Å². The van der Waals surface area contributed by atoms with Crippen LogP contribution in [0.25, 0.3) is 0 Å². The lowest BCUT2D eigenvalue weighted by molar-refractivity contribution is -0.301. The molecule has 0 bridgehead atoms. The summed E-state index contributed by atoms with van der Waals surface area (Å²) in [6.07, 6.45) is -9.75. The first-order valence-corrected chi connectivity index (χ1v) is 15.6. The Balaban J connectivity index is 1.08. The number of carbonyl (C=O) groups is 1. The molecule has 2 aliphatic rings. The van der Waals surface area contributed by atoms with Crippen molar-refractivity contribution in [3.05, 3.63) is 47.5 Å². The van der Waals surface area contributed by atoms with Crippen molar-refractivity contribution in [2.45, 2.75) is 94.6 Å². The Morgan fingerprint density at radius 1 is 0.740 bits per heavy atom. The third-order valence-corrected chi connectivity index (χ3v) is 7.93. The van der Waals surface area contributed by atoms with Gasteiger partial charge in [0.05, 0.1) is 57.0 Å². The average Bonchev–Trinajstić information content (AvgIpc) is 3.77.